The van der Waals surface area contributed by atoms with Gasteiger partial charge in [0.2, 0.25) is 5.91 Å². The lowest BCUT2D eigenvalue weighted by atomic mass is 9.95. The minimum atomic E-state index is -3.84. The van der Waals surface area contributed by atoms with Crippen LogP contribution in [-0.2, 0) is 14.8 Å². The third kappa shape index (κ3) is 5.79. The number of likely N-dealkylation sites (tertiary alicyclic amines) is 1. The summed E-state index contributed by atoms with van der Waals surface area (Å²) in [6.07, 6.45) is 1.21. The van der Waals surface area contributed by atoms with Gasteiger partial charge in [-0.15, -0.1) is 0 Å². The van der Waals surface area contributed by atoms with Crippen LogP contribution in [0.5, 0.6) is 5.75 Å². The highest BCUT2D eigenvalue weighted by molar-refractivity contribution is 7.92. The van der Waals surface area contributed by atoms with E-state index in [0.717, 1.165) is 0 Å². The van der Waals surface area contributed by atoms with E-state index in [4.69, 9.17) is 4.74 Å². The molecule has 1 aliphatic rings. The van der Waals surface area contributed by atoms with Crippen molar-refractivity contribution < 1.29 is 22.7 Å². The van der Waals surface area contributed by atoms with Gasteiger partial charge in [-0.3, -0.25) is 14.3 Å². The van der Waals surface area contributed by atoms with Crippen LogP contribution in [0.25, 0.3) is 0 Å². The summed E-state index contributed by atoms with van der Waals surface area (Å²) >= 11 is 0. The molecule has 0 bridgehead atoms. The maximum atomic E-state index is 13.0. The lowest BCUT2D eigenvalue weighted by Crippen LogP contribution is -2.44. The summed E-state index contributed by atoms with van der Waals surface area (Å²) in [5, 5.41) is 2.92. The van der Waals surface area contributed by atoms with Gasteiger partial charge >= 0.3 is 0 Å². The van der Waals surface area contributed by atoms with Crippen LogP contribution in [0.15, 0.2) is 53.4 Å². The molecule has 1 saturated heterocycles. The van der Waals surface area contributed by atoms with Crippen LogP contribution in [0.1, 0.15) is 37.0 Å². The number of methoxy groups -OCH3 is 1. The Hall–Kier alpha value is -3.07. The van der Waals surface area contributed by atoms with E-state index in [1.165, 1.54) is 25.3 Å². The van der Waals surface area contributed by atoms with Crippen LogP contribution in [0.2, 0.25) is 0 Å². The van der Waals surface area contributed by atoms with Crippen molar-refractivity contribution in [2.75, 3.05) is 24.9 Å². The molecule has 2 amide bonds. The third-order valence-electron chi connectivity index (χ3n) is 5.30. The first-order valence-electron chi connectivity index (χ1n) is 10.6. The zero-order valence-corrected chi connectivity index (χ0v) is 19.3. The topological polar surface area (TPSA) is 105 Å². The van der Waals surface area contributed by atoms with E-state index in [2.05, 4.69) is 10.0 Å². The smallest absolute Gasteiger partial charge is 0.262 e. The highest BCUT2D eigenvalue weighted by Crippen LogP contribution is 2.23. The Bertz CT molecular complexity index is 1080. The van der Waals surface area contributed by atoms with Crippen LogP contribution >= 0.6 is 0 Å². The number of anilines is 1. The Morgan fingerprint density at radius 1 is 1.06 bits per heavy atom. The number of ether oxygens (including phenoxy) is 1. The maximum Gasteiger partial charge on any atom is 0.262 e. The SMILES string of the molecule is COc1cccc(S(=O)(=O)Nc2cccc(C(=O)N3CCC(C(=O)NC(C)C)CC3)c2)c1. The number of nitrogens with zero attached hydrogens (tertiary/aromatic N) is 1. The van der Waals surface area contributed by atoms with Crippen LogP contribution in [-0.4, -0.2) is 51.4 Å². The Morgan fingerprint density at radius 2 is 1.75 bits per heavy atom. The number of carbonyl (C=O) groups is 2. The summed E-state index contributed by atoms with van der Waals surface area (Å²) in [5.41, 5.74) is 0.686. The molecule has 172 valence electrons. The Balaban J connectivity index is 1.67. The molecule has 2 N–H and O–H groups in total. The molecular formula is C23H29N3O5S. The first kappa shape index (κ1) is 23.6. The zero-order chi connectivity index (χ0) is 23.3. The van der Waals surface area contributed by atoms with Gasteiger partial charge in [0.25, 0.3) is 15.9 Å². The highest BCUT2D eigenvalue weighted by atomic mass is 32.2. The number of nitrogens with one attached hydrogen (secondary N) is 2. The molecule has 0 aromatic heterocycles. The number of amides is 2. The summed E-state index contributed by atoms with van der Waals surface area (Å²) in [6.45, 7) is 4.81. The summed E-state index contributed by atoms with van der Waals surface area (Å²) < 4.78 is 33.1. The lowest BCUT2D eigenvalue weighted by Gasteiger charge is -2.31. The van der Waals surface area contributed by atoms with Crippen LogP contribution in [0.3, 0.4) is 0 Å². The van der Waals surface area contributed by atoms with Crippen LogP contribution < -0.4 is 14.8 Å². The van der Waals surface area contributed by atoms with Crippen molar-refractivity contribution in [2.45, 2.75) is 37.6 Å². The molecule has 2 aromatic rings. The molecule has 9 heteroatoms. The van der Waals surface area contributed by atoms with Gasteiger partial charge in [0.05, 0.1) is 12.0 Å². The summed E-state index contributed by atoms with van der Waals surface area (Å²) in [6, 6.07) is 12.7. The number of piperidine rings is 1. The average molecular weight is 460 g/mol. The minimum absolute atomic E-state index is 0.0287. The van der Waals surface area contributed by atoms with E-state index < -0.39 is 10.0 Å². The first-order chi connectivity index (χ1) is 15.2. The van der Waals surface area contributed by atoms with E-state index >= 15 is 0 Å². The zero-order valence-electron chi connectivity index (χ0n) is 18.5. The standard InChI is InChI=1S/C23H29N3O5S/c1-16(2)24-22(27)17-10-12-26(13-11-17)23(28)18-6-4-7-19(14-18)25-32(29,30)21-9-5-8-20(15-21)31-3/h4-9,14-17,25H,10-13H2,1-3H3,(H,24,27). The van der Waals surface area contributed by atoms with Crippen molar-refractivity contribution in [3.63, 3.8) is 0 Å². The molecule has 3 rings (SSSR count). The molecule has 0 spiro atoms. The second-order valence-electron chi connectivity index (χ2n) is 8.10. The molecule has 1 aliphatic heterocycles. The van der Waals surface area contributed by atoms with Crippen LogP contribution in [0, 0.1) is 5.92 Å². The molecule has 1 heterocycles. The fourth-order valence-electron chi connectivity index (χ4n) is 3.63. The van der Waals surface area contributed by atoms with Gasteiger partial charge < -0.3 is 15.0 Å². The van der Waals surface area contributed by atoms with Crippen molar-refractivity contribution in [3.05, 3.63) is 54.1 Å². The Morgan fingerprint density at radius 3 is 2.41 bits per heavy atom. The molecule has 0 unspecified atom stereocenters. The minimum Gasteiger partial charge on any atom is -0.497 e. The van der Waals surface area contributed by atoms with Crippen molar-refractivity contribution in [3.8, 4) is 5.75 Å². The Kier molecular flexibility index (Phi) is 7.40. The van der Waals surface area contributed by atoms with Crippen molar-refractivity contribution in [2.24, 2.45) is 5.92 Å². The molecule has 8 nitrogen and oxygen atoms in total. The predicted molar refractivity (Wildman–Crippen MR) is 122 cm³/mol. The summed E-state index contributed by atoms with van der Waals surface area (Å²) in [4.78, 5) is 26.9. The van der Waals surface area contributed by atoms with Crippen molar-refractivity contribution in [1.82, 2.24) is 10.2 Å². The fourth-order valence-corrected chi connectivity index (χ4v) is 4.71. The lowest BCUT2D eigenvalue weighted by molar-refractivity contribution is -0.126. The third-order valence-corrected chi connectivity index (χ3v) is 6.68. The fraction of sp³-hybridized carbons (Fsp3) is 0.391. The van der Waals surface area contributed by atoms with Crippen LogP contribution in [0.4, 0.5) is 5.69 Å². The van der Waals surface area contributed by atoms with E-state index in [1.807, 2.05) is 13.8 Å². The summed E-state index contributed by atoms with van der Waals surface area (Å²) in [7, 11) is -2.37. The monoisotopic (exact) mass is 459 g/mol. The van der Waals surface area contributed by atoms with Gasteiger partial charge in [-0.1, -0.05) is 12.1 Å². The average Bonchev–Trinajstić information content (AvgIpc) is 2.78. The quantitative estimate of drug-likeness (QED) is 0.663. The Labute approximate surface area is 189 Å². The molecule has 0 aliphatic carbocycles. The molecule has 0 atom stereocenters. The number of hydrogen-bond acceptors (Lipinski definition) is 5. The van der Waals surface area contributed by atoms with E-state index in [-0.39, 0.29) is 28.7 Å². The van der Waals surface area contributed by atoms with Gasteiger partial charge in [0.1, 0.15) is 5.75 Å². The largest absolute Gasteiger partial charge is 0.497 e. The second kappa shape index (κ2) is 10.0. The molecule has 0 saturated carbocycles. The number of hydrogen-bond donors (Lipinski definition) is 2. The van der Waals surface area contributed by atoms with E-state index in [0.29, 0.717) is 42.9 Å². The predicted octanol–water partition coefficient (Wildman–Crippen LogP) is 2.87. The van der Waals surface area contributed by atoms with Gasteiger partial charge in [0.15, 0.2) is 0 Å². The highest BCUT2D eigenvalue weighted by Gasteiger charge is 2.28. The van der Waals surface area contributed by atoms with Gasteiger partial charge in [-0.25, -0.2) is 8.42 Å². The van der Waals surface area contributed by atoms with Crippen molar-refractivity contribution >= 4 is 27.5 Å². The van der Waals surface area contributed by atoms with E-state index in [1.54, 1.807) is 35.2 Å². The number of sulfonamides is 1. The summed E-state index contributed by atoms with van der Waals surface area (Å²) in [5.74, 6) is 0.181. The molecule has 0 radical (unpaired) electrons. The van der Waals surface area contributed by atoms with E-state index in [9.17, 15) is 18.0 Å². The molecule has 1 fully saturated rings. The first-order valence-corrected chi connectivity index (χ1v) is 12.0. The van der Waals surface area contributed by atoms with Gasteiger partial charge in [-0.2, -0.15) is 0 Å². The number of rotatable bonds is 7. The second-order valence-corrected chi connectivity index (χ2v) is 9.78. The number of benzene rings is 2. The normalized spacial score (nSPS) is 14.8. The van der Waals surface area contributed by atoms with Gasteiger partial charge in [-0.05, 0) is 57.0 Å². The number of carbonyl (C=O) groups excluding carboxylic acids is 2. The maximum absolute atomic E-state index is 13.0. The van der Waals surface area contributed by atoms with Gasteiger partial charge in [0, 0.05) is 42.4 Å². The molecular weight excluding hydrogens is 430 g/mol. The molecule has 2 aromatic carbocycles. The van der Waals surface area contributed by atoms with Crippen molar-refractivity contribution in [1.29, 1.82) is 0 Å². The molecule has 32 heavy (non-hydrogen) atoms.